The molecule has 76 valence electrons. The van der Waals surface area contributed by atoms with Crippen molar-refractivity contribution in [3.8, 4) is 0 Å². The van der Waals surface area contributed by atoms with Crippen LogP contribution in [0.2, 0.25) is 0 Å². The molecule has 0 bridgehead atoms. The third-order valence-electron chi connectivity index (χ3n) is 3.00. The molecular weight excluding hydrogens is 177 g/mol. The van der Waals surface area contributed by atoms with Crippen LogP contribution in [0.25, 0.3) is 0 Å². The van der Waals surface area contributed by atoms with Gasteiger partial charge in [-0.2, -0.15) is 0 Å². The molecule has 0 unspecified atom stereocenters. The molecule has 1 aliphatic rings. The number of quaternary nitrogens is 1. The summed E-state index contributed by atoms with van der Waals surface area (Å²) in [5.74, 6) is 0.677. The summed E-state index contributed by atoms with van der Waals surface area (Å²) in [5, 5.41) is 2.38. The summed E-state index contributed by atoms with van der Waals surface area (Å²) in [5.41, 5.74) is 1.28. The first-order valence-corrected chi connectivity index (χ1v) is 5.41. The summed E-state index contributed by atoms with van der Waals surface area (Å²) in [6, 6.07) is 6.94. The van der Waals surface area contributed by atoms with E-state index in [2.05, 4.69) is 5.32 Å². The Morgan fingerprint density at radius 3 is 2.43 bits per heavy atom. The van der Waals surface area contributed by atoms with Crippen LogP contribution in [-0.4, -0.2) is 13.1 Å². The van der Waals surface area contributed by atoms with Gasteiger partial charge in [0.25, 0.3) is 0 Å². The Morgan fingerprint density at radius 1 is 1.14 bits per heavy atom. The van der Waals surface area contributed by atoms with E-state index in [1.807, 2.05) is 12.1 Å². The van der Waals surface area contributed by atoms with Crippen LogP contribution in [0.1, 0.15) is 18.4 Å². The highest BCUT2D eigenvalue weighted by atomic mass is 19.1. The van der Waals surface area contributed by atoms with Crippen LogP contribution in [-0.2, 0) is 6.42 Å². The monoisotopic (exact) mass is 194 g/mol. The molecule has 0 amide bonds. The number of piperidine rings is 1. The molecule has 1 aliphatic heterocycles. The molecule has 1 aromatic carbocycles. The Kier molecular flexibility index (Phi) is 3.14. The molecule has 0 saturated carbocycles. The van der Waals surface area contributed by atoms with Gasteiger partial charge in [-0.15, -0.1) is 0 Å². The average Bonchev–Trinajstić information content (AvgIpc) is 2.23. The van der Waals surface area contributed by atoms with Crippen molar-refractivity contribution in [3.05, 3.63) is 35.6 Å². The zero-order valence-electron chi connectivity index (χ0n) is 8.38. The minimum absolute atomic E-state index is 0.134. The van der Waals surface area contributed by atoms with Gasteiger partial charge in [-0.1, -0.05) is 12.1 Å². The van der Waals surface area contributed by atoms with E-state index in [0.29, 0.717) is 0 Å². The molecule has 0 aromatic heterocycles. The second kappa shape index (κ2) is 4.56. The van der Waals surface area contributed by atoms with E-state index in [-0.39, 0.29) is 5.82 Å². The lowest BCUT2D eigenvalue weighted by Crippen LogP contribution is -2.86. The molecule has 1 nitrogen and oxygen atoms in total. The number of nitrogens with two attached hydrogens (primary N) is 1. The topological polar surface area (TPSA) is 16.6 Å². The zero-order valence-corrected chi connectivity index (χ0v) is 8.38. The van der Waals surface area contributed by atoms with Gasteiger partial charge < -0.3 is 5.32 Å². The van der Waals surface area contributed by atoms with Crippen molar-refractivity contribution in [2.75, 3.05) is 13.1 Å². The molecule has 0 radical (unpaired) electrons. The van der Waals surface area contributed by atoms with Crippen molar-refractivity contribution in [2.45, 2.75) is 19.3 Å². The van der Waals surface area contributed by atoms with E-state index in [1.165, 1.54) is 31.5 Å². The first-order valence-electron chi connectivity index (χ1n) is 5.41. The zero-order chi connectivity index (χ0) is 9.80. The van der Waals surface area contributed by atoms with Crippen molar-refractivity contribution < 1.29 is 9.71 Å². The van der Waals surface area contributed by atoms with E-state index < -0.39 is 0 Å². The van der Waals surface area contributed by atoms with Crippen LogP contribution in [0.5, 0.6) is 0 Å². The Morgan fingerprint density at radius 2 is 1.79 bits per heavy atom. The lowest BCUT2D eigenvalue weighted by atomic mass is 9.91. The van der Waals surface area contributed by atoms with E-state index in [1.54, 1.807) is 12.1 Å². The highest BCUT2D eigenvalue weighted by Crippen LogP contribution is 2.16. The number of hydrogen-bond donors (Lipinski definition) is 1. The minimum atomic E-state index is -0.134. The van der Waals surface area contributed by atoms with Gasteiger partial charge in [0.2, 0.25) is 0 Å². The summed E-state index contributed by atoms with van der Waals surface area (Å²) < 4.78 is 12.7. The molecule has 14 heavy (non-hydrogen) atoms. The Hall–Kier alpha value is -0.890. The molecule has 2 heteroatoms. The summed E-state index contributed by atoms with van der Waals surface area (Å²) >= 11 is 0. The van der Waals surface area contributed by atoms with Gasteiger partial charge in [0.05, 0.1) is 13.1 Å². The van der Waals surface area contributed by atoms with Gasteiger partial charge in [-0.25, -0.2) is 4.39 Å². The summed E-state index contributed by atoms with van der Waals surface area (Å²) in [6.45, 7) is 2.51. The van der Waals surface area contributed by atoms with Crippen LogP contribution in [0.3, 0.4) is 0 Å². The summed E-state index contributed by atoms with van der Waals surface area (Å²) in [7, 11) is 0. The first-order chi connectivity index (χ1) is 6.84. The molecule has 1 saturated heterocycles. The summed E-state index contributed by atoms with van der Waals surface area (Å²) in [4.78, 5) is 0. The average molecular weight is 194 g/mol. The quantitative estimate of drug-likeness (QED) is 0.731. The molecule has 2 N–H and O–H groups in total. The Bertz CT molecular complexity index is 275. The van der Waals surface area contributed by atoms with Gasteiger partial charge in [0.15, 0.2) is 0 Å². The van der Waals surface area contributed by atoms with Crippen LogP contribution in [0.4, 0.5) is 4.39 Å². The normalized spacial score (nSPS) is 18.4. The predicted molar refractivity (Wildman–Crippen MR) is 54.5 cm³/mol. The van der Waals surface area contributed by atoms with Crippen molar-refractivity contribution in [1.29, 1.82) is 0 Å². The first kappa shape index (κ1) is 9.66. The van der Waals surface area contributed by atoms with E-state index in [4.69, 9.17) is 0 Å². The maximum atomic E-state index is 12.7. The van der Waals surface area contributed by atoms with Gasteiger partial charge >= 0.3 is 0 Å². The molecule has 1 fully saturated rings. The number of benzene rings is 1. The SMILES string of the molecule is Fc1ccc(CC2CC[NH2+]CC2)cc1. The second-order valence-electron chi connectivity index (χ2n) is 4.14. The Balaban J connectivity index is 1.92. The van der Waals surface area contributed by atoms with E-state index >= 15 is 0 Å². The number of halogens is 1. The van der Waals surface area contributed by atoms with E-state index in [0.717, 1.165) is 12.3 Å². The smallest absolute Gasteiger partial charge is 0.123 e. The van der Waals surface area contributed by atoms with Crippen LogP contribution >= 0.6 is 0 Å². The lowest BCUT2D eigenvalue weighted by molar-refractivity contribution is -0.664. The van der Waals surface area contributed by atoms with Crippen molar-refractivity contribution in [1.82, 2.24) is 0 Å². The van der Waals surface area contributed by atoms with Crippen LogP contribution in [0, 0.1) is 11.7 Å². The van der Waals surface area contributed by atoms with Crippen molar-refractivity contribution in [3.63, 3.8) is 0 Å². The van der Waals surface area contributed by atoms with Gasteiger partial charge in [0.1, 0.15) is 5.82 Å². The molecular formula is C12H17FN+. The molecule has 2 rings (SSSR count). The largest absolute Gasteiger partial charge is 0.346 e. The predicted octanol–water partition coefficient (Wildman–Crippen LogP) is 1.34. The van der Waals surface area contributed by atoms with Crippen LogP contribution in [0.15, 0.2) is 24.3 Å². The number of hydrogen-bond acceptors (Lipinski definition) is 0. The maximum Gasteiger partial charge on any atom is 0.123 e. The highest BCUT2D eigenvalue weighted by molar-refractivity contribution is 5.16. The molecule has 0 aliphatic carbocycles. The standard InChI is InChI=1S/C12H16FN/c13-12-3-1-10(2-4-12)9-11-5-7-14-8-6-11/h1-4,11,14H,5-9H2/p+1. The van der Waals surface area contributed by atoms with Gasteiger partial charge in [-0.3, -0.25) is 0 Å². The third kappa shape index (κ3) is 2.55. The fraction of sp³-hybridized carbons (Fsp3) is 0.500. The molecule has 0 atom stereocenters. The van der Waals surface area contributed by atoms with Gasteiger partial charge in [-0.05, 0) is 42.9 Å². The fourth-order valence-electron chi connectivity index (χ4n) is 2.15. The Labute approximate surface area is 84.3 Å². The van der Waals surface area contributed by atoms with Gasteiger partial charge in [0, 0.05) is 0 Å². The third-order valence-corrected chi connectivity index (χ3v) is 3.00. The fourth-order valence-corrected chi connectivity index (χ4v) is 2.15. The van der Waals surface area contributed by atoms with Crippen molar-refractivity contribution >= 4 is 0 Å². The number of rotatable bonds is 2. The maximum absolute atomic E-state index is 12.7. The van der Waals surface area contributed by atoms with Crippen molar-refractivity contribution in [2.24, 2.45) is 5.92 Å². The van der Waals surface area contributed by atoms with E-state index in [9.17, 15) is 4.39 Å². The molecule has 0 spiro atoms. The molecule has 1 heterocycles. The minimum Gasteiger partial charge on any atom is -0.346 e. The summed E-state index contributed by atoms with van der Waals surface area (Å²) in [6.07, 6.45) is 3.73. The second-order valence-corrected chi connectivity index (χ2v) is 4.14. The highest BCUT2D eigenvalue weighted by Gasteiger charge is 2.15. The lowest BCUT2D eigenvalue weighted by Gasteiger charge is -2.20. The molecule has 1 aromatic rings. The van der Waals surface area contributed by atoms with Crippen LogP contribution < -0.4 is 5.32 Å².